The van der Waals surface area contributed by atoms with E-state index >= 15 is 0 Å². The average Bonchev–Trinajstić information content (AvgIpc) is 3.12. The molecule has 21 heavy (non-hydrogen) atoms. The monoisotopic (exact) mass is 356 g/mol. The van der Waals surface area contributed by atoms with Crippen LogP contribution in [-0.4, -0.2) is 24.3 Å². The third-order valence-electron chi connectivity index (χ3n) is 3.22. The Morgan fingerprint density at radius 2 is 1.62 bits per heavy atom. The SMILES string of the molecule is c1ccc([Se]c2c(-c3ccccc3)nc3sccn23)cc1. The molecule has 2 aromatic heterocycles. The van der Waals surface area contributed by atoms with Crippen molar-refractivity contribution in [2.45, 2.75) is 0 Å². The number of nitrogens with zero attached hydrogens (tertiary/aromatic N) is 2. The number of thiazole rings is 1. The fourth-order valence-electron chi connectivity index (χ4n) is 2.25. The average molecular weight is 355 g/mol. The van der Waals surface area contributed by atoms with E-state index in [0.717, 1.165) is 10.7 Å². The van der Waals surface area contributed by atoms with Crippen LogP contribution in [0.15, 0.2) is 72.2 Å². The van der Waals surface area contributed by atoms with Crippen molar-refractivity contribution in [1.29, 1.82) is 0 Å². The van der Waals surface area contributed by atoms with Crippen molar-refractivity contribution in [2.75, 3.05) is 0 Å². The third kappa shape index (κ3) is 2.42. The van der Waals surface area contributed by atoms with E-state index in [1.54, 1.807) is 11.3 Å². The molecule has 4 aromatic rings. The molecule has 0 N–H and O–H groups in total. The summed E-state index contributed by atoms with van der Waals surface area (Å²) in [7, 11) is 0. The van der Waals surface area contributed by atoms with Crippen molar-refractivity contribution in [3.8, 4) is 11.3 Å². The van der Waals surface area contributed by atoms with Crippen LogP contribution in [0.4, 0.5) is 0 Å². The van der Waals surface area contributed by atoms with E-state index in [9.17, 15) is 0 Å². The van der Waals surface area contributed by atoms with Crippen LogP contribution in [0, 0.1) is 0 Å². The summed E-state index contributed by atoms with van der Waals surface area (Å²) in [5.74, 6) is 0. The maximum absolute atomic E-state index is 4.84. The zero-order valence-electron chi connectivity index (χ0n) is 11.1. The van der Waals surface area contributed by atoms with Crippen LogP contribution in [0.2, 0.25) is 0 Å². The fraction of sp³-hybridized carbons (Fsp3) is 0. The first kappa shape index (κ1) is 12.8. The summed E-state index contributed by atoms with van der Waals surface area (Å²) in [6.07, 6.45) is 2.12. The molecule has 0 fully saturated rings. The Balaban J connectivity index is 1.87. The molecule has 0 saturated heterocycles. The number of imidazole rings is 1. The first-order valence-corrected chi connectivity index (χ1v) is 9.25. The van der Waals surface area contributed by atoms with Gasteiger partial charge in [-0.25, -0.2) is 0 Å². The molecule has 0 aliphatic carbocycles. The van der Waals surface area contributed by atoms with Gasteiger partial charge in [-0.2, -0.15) is 0 Å². The van der Waals surface area contributed by atoms with Gasteiger partial charge in [0, 0.05) is 0 Å². The predicted octanol–water partition coefficient (Wildman–Crippen LogP) is 2.72. The van der Waals surface area contributed by atoms with Crippen LogP contribution in [0.3, 0.4) is 0 Å². The Morgan fingerprint density at radius 3 is 2.38 bits per heavy atom. The van der Waals surface area contributed by atoms with Gasteiger partial charge in [0.15, 0.2) is 0 Å². The molecule has 0 aliphatic rings. The van der Waals surface area contributed by atoms with Crippen LogP contribution in [-0.2, 0) is 0 Å². The quantitative estimate of drug-likeness (QED) is 0.517. The number of hydrogen-bond donors (Lipinski definition) is 0. The third-order valence-corrected chi connectivity index (χ3v) is 6.27. The van der Waals surface area contributed by atoms with Gasteiger partial charge in [0.05, 0.1) is 0 Å². The van der Waals surface area contributed by atoms with Gasteiger partial charge in [-0.15, -0.1) is 0 Å². The summed E-state index contributed by atoms with van der Waals surface area (Å²) in [6.45, 7) is 0. The summed E-state index contributed by atoms with van der Waals surface area (Å²) < 4.78 is 4.92. The van der Waals surface area contributed by atoms with Crippen molar-refractivity contribution in [3.05, 3.63) is 72.2 Å². The zero-order chi connectivity index (χ0) is 14.1. The van der Waals surface area contributed by atoms with Crippen molar-refractivity contribution in [1.82, 2.24) is 9.38 Å². The van der Waals surface area contributed by atoms with Crippen LogP contribution in [0.25, 0.3) is 16.2 Å². The second-order valence-electron chi connectivity index (χ2n) is 4.60. The van der Waals surface area contributed by atoms with Gasteiger partial charge >= 0.3 is 133 Å². The maximum atomic E-state index is 4.84. The van der Waals surface area contributed by atoms with E-state index < -0.39 is 0 Å². The normalized spacial score (nSPS) is 11.0. The van der Waals surface area contributed by atoms with E-state index in [2.05, 4.69) is 70.6 Å². The molecule has 2 nitrogen and oxygen atoms in total. The number of aromatic nitrogens is 2. The number of fused-ring (bicyclic) bond motifs is 1. The second kappa shape index (κ2) is 5.49. The topological polar surface area (TPSA) is 17.3 Å². The van der Waals surface area contributed by atoms with Crippen molar-refractivity contribution in [3.63, 3.8) is 0 Å². The molecule has 4 heteroatoms. The predicted molar refractivity (Wildman–Crippen MR) is 90.0 cm³/mol. The summed E-state index contributed by atoms with van der Waals surface area (Å²) in [4.78, 5) is 5.91. The number of benzene rings is 2. The van der Waals surface area contributed by atoms with Crippen LogP contribution in [0.1, 0.15) is 0 Å². The van der Waals surface area contributed by atoms with Crippen LogP contribution >= 0.6 is 11.3 Å². The molecule has 0 atom stereocenters. The molecule has 4 rings (SSSR count). The second-order valence-corrected chi connectivity index (χ2v) is 7.70. The van der Waals surface area contributed by atoms with E-state index in [0.29, 0.717) is 0 Å². The Bertz CT molecular complexity index is 866. The van der Waals surface area contributed by atoms with Gasteiger partial charge < -0.3 is 0 Å². The molecular weight excluding hydrogens is 343 g/mol. The summed E-state index contributed by atoms with van der Waals surface area (Å²) in [5, 5.41) is 2.10. The zero-order valence-corrected chi connectivity index (χ0v) is 13.7. The standard InChI is InChI=1S/C17H12N2SSe/c1-3-7-13(8-4-1)15-16(19-11-12-20-17(19)18-15)21-14-9-5-2-6-10-14/h1-12H. The molecule has 0 saturated carbocycles. The minimum atomic E-state index is 0.243. The molecule has 102 valence electrons. The Kier molecular flexibility index (Phi) is 3.36. The molecule has 0 aliphatic heterocycles. The molecule has 0 spiro atoms. The molecule has 2 aromatic carbocycles. The number of hydrogen-bond acceptors (Lipinski definition) is 2. The molecule has 0 amide bonds. The van der Waals surface area contributed by atoms with Crippen LogP contribution < -0.4 is 9.05 Å². The molecule has 0 bridgehead atoms. The first-order chi connectivity index (χ1) is 10.4. The van der Waals surface area contributed by atoms with Gasteiger partial charge in [0.25, 0.3) is 0 Å². The summed E-state index contributed by atoms with van der Waals surface area (Å²) >= 11 is 1.93. The fourth-order valence-corrected chi connectivity index (χ4v) is 5.24. The van der Waals surface area contributed by atoms with E-state index in [-0.39, 0.29) is 15.0 Å². The van der Waals surface area contributed by atoms with Crippen molar-refractivity contribution in [2.24, 2.45) is 0 Å². The Morgan fingerprint density at radius 1 is 0.905 bits per heavy atom. The number of rotatable bonds is 3. The van der Waals surface area contributed by atoms with Crippen LogP contribution in [0.5, 0.6) is 0 Å². The van der Waals surface area contributed by atoms with Gasteiger partial charge in [-0.05, 0) is 0 Å². The molecule has 2 heterocycles. The van der Waals surface area contributed by atoms with Gasteiger partial charge in [-0.3, -0.25) is 0 Å². The van der Waals surface area contributed by atoms with Crippen molar-refractivity contribution >= 4 is 40.3 Å². The van der Waals surface area contributed by atoms with Gasteiger partial charge in [-0.1, -0.05) is 0 Å². The van der Waals surface area contributed by atoms with E-state index in [1.165, 1.54) is 14.6 Å². The minimum absolute atomic E-state index is 0.243. The first-order valence-electron chi connectivity index (χ1n) is 6.66. The van der Waals surface area contributed by atoms with E-state index in [1.807, 2.05) is 6.07 Å². The van der Waals surface area contributed by atoms with Crippen molar-refractivity contribution < 1.29 is 0 Å². The summed E-state index contributed by atoms with van der Waals surface area (Å²) in [6, 6.07) is 21.1. The molecule has 0 unspecified atom stereocenters. The molecular formula is C17H12N2SSe. The van der Waals surface area contributed by atoms with Gasteiger partial charge in [0.2, 0.25) is 0 Å². The molecule has 0 radical (unpaired) electrons. The Labute approximate surface area is 133 Å². The van der Waals surface area contributed by atoms with E-state index in [4.69, 9.17) is 4.98 Å². The Hall–Kier alpha value is -1.87. The summed E-state index contributed by atoms with van der Waals surface area (Å²) in [5.41, 5.74) is 2.31. The van der Waals surface area contributed by atoms with Gasteiger partial charge in [0.1, 0.15) is 0 Å².